The van der Waals surface area contributed by atoms with Crippen LogP contribution in [0, 0.1) is 0 Å². The van der Waals surface area contributed by atoms with Gasteiger partial charge in [-0.2, -0.15) is 0 Å². The molecule has 0 aliphatic rings. The summed E-state index contributed by atoms with van der Waals surface area (Å²) in [7, 11) is 5.70. The van der Waals surface area contributed by atoms with Gasteiger partial charge in [0.2, 0.25) is 0 Å². The molecule has 160 valence electrons. The minimum Gasteiger partial charge on any atom is -0.491 e. The number of ether oxygens (including phenoxy) is 3. The van der Waals surface area contributed by atoms with E-state index >= 15 is 0 Å². The molecule has 1 unspecified atom stereocenters. The predicted octanol–water partition coefficient (Wildman–Crippen LogP) is 4.72. The van der Waals surface area contributed by atoms with Crippen LogP contribution in [-0.4, -0.2) is 51.7 Å². The first kappa shape index (κ1) is 23.0. The first-order chi connectivity index (χ1) is 13.8. The summed E-state index contributed by atoms with van der Waals surface area (Å²) in [5.74, 6) is 0.561. The third-order valence-electron chi connectivity index (χ3n) is 4.44. The number of hydrogen-bond donors (Lipinski definition) is 0. The zero-order chi connectivity index (χ0) is 21.3. The van der Waals surface area contributed by atoms with Gasteiger partial charge < -0.3 is 19.1 Å². The molecule has 0 aliphatic carbocycles. The molecule has 0 radical (unpaired) electrons. The van der Waals surface area contributed by atoms with Gasteiger partial charge in [-0.15, -0.1) is 13.2 Å². The quantitative estimate of drug-likeness (QED) is 0.536. The second kappa shape index (κ2) is 11.1. The standard InChI is InChI=1S/C22H28F3NO3/c1-26(2)14-13-20(27-3)16-28-21-10-5-4-8-18(21)12-11-17-7-6-9-19(15-17)29-22(23,24)25/h4-10,15,20H,11-14,16H2,1-3H3. The van der Waals surface area contributed by atoms with Crippen molar-refractivity contribution >= 4 is 0 Å². The largest absolute Gasteiger partial charge is 0.573 e. The van der Waals surface area contributed by atoms with Crippen LogP contribution in [0.2, 0.25) is 0 Å². The number of alkyl halides is 3. The Hall–Kier alpha value is -2.25. The Morgan fingerprint density at radius 1 is 1.00 bits per heavy atom. The lowest BCUT2D eigenvalue weighted by atomic mass is 10.0. The molecule has 0 aromatic heterocycles. The summed E-state index contributed by atoms with van der Waals surface area (Å²) in [6.45, 7) is 1.34. The van der Waals surface area contributed by atoms with Crippen molar-refractivity contribution < 1.29 is 27.4 Å². The number of methoxy groups -OCH3 is 1. The van der Waals surface area contributed by atoms with Crippen molar-refractivity contribution in [3.63, 3.8) is 0 Å². The van der Waals surface area contributed by atoms with Crippen LogP contribution in [0.15, 0.2) is 48.5 Å². The van der Waals surface area contributed by atoms with Gasteiger partial charge in [-0.05, 0) is 62.7 Å². The molecule has 0 aliphatic heterocycles. The Bertz CT molecular complexity index is 750. The molecule has 1 atom stereocenters. The van der Waals surface area contributed by atoms with Gasteiger partial charge in [-0.25, -0.2) is 0 Å². The van der Waals surface area contributed by atoms with Crippen molar-refractivity contribution in [3.05, 3.63) is 59.7 Å². The van der Waals surface area contributed by atoms with Gasteiger partial charge in [-0.1, -0.05) is 30.3 Å². The monoisotopic (exact) mass is 411 g/mol. The van der Waals surface area contributed by atoms with Gasteiger partial charge >= 0.3 is 6.36 Å². The molecule has 4 nitrogen and oxygen atoms in total. The van der Waals surface area contributed by atoms with E-state index in [2.05, 4.69) is 9.64 Å². The third-order valence-corrected chi connectivity index (χ3v) is 4.44. The van der Waals surface area contributed by atoms with Crippen LogP contribution in [-0.2, 0) is 17.6 Å². The summed E-state index contributed by atoms with van der Waals surface area (Å²) in [4.78, 5) is 2.09. The zero-order valence-corrected chi connectivity index (χ0v) is 17.0. The summed E-state index contributed by atoms with van der Waals surface area (Å²) < 4.78 is 52.7. The summed E-state index contributed by atoms with van der Waals surface area (Å²) in [5.41, 5.74) is 1.76. The second-order valence-electron chi connectivity index (χ2n) is 7.06. The Balaban J connectivity index is 1.96. The Morgan fingerprint density at radius 2 is 1.76 bits per heavy atom. The third kappa shape index (κ3) is 8.75. The van der Waals surface area contributed by atoms with E-state index in [1.54, 1.807) is 19.2 Å². The topological polar surface area (TPSA) is 30.9 Å². The molecule has 0 saturated heterocycles. The maximum Gasteiger partial charge on any atom is 0.573 e. The number of benzene rings is 2. The number of para-hydroxylation sites is 1. The number of nitrogens with zero attached hydrogens (tertiary/aromatic N) is 1. The summed E-state index contributed by atoms with van der Waals surface area (Å²) in [6, 6.07) is 13.8. The molecule has 0 saturated carbocycles. The van der Waals surface area contributed by atoms with E-state index < -0.39 is 6.36 Å². The van der Waals surface area contributed by atoms with Gasteiger partial charge in [0, 0.05) is 13.7 Å². The van der Waals surface area contributed by atoms with Crippen molar-refractivity contribution in [3.8, 4) is 11.5 Å². The highest BCUT2D eigenvalue weighted by Gasteiger charge is 2.31. The van der Waals surface area contributed by atoms with Crippen LogP contribution in [0.3, 0.4) is 0 Å². The average molecular weight is 411 g/mol. The second-order valence-corrected chi connectivity index (χ2v) is 7.06. The fraction of sp³-hybridized carbons (Fsp3) is 0.455. The van der Waals surface area contributed by atoms with E-state index in [0.29, 0.717) is 19.4 Å². The van der Waals surface area contributed by atoms with E-state index in [9.17, 15) is 13.2 Å². The van der Waals surface area contributed by atoms with Crippen molar-refractivity contribution in [1.29, 1.82) is 0 Å². The van der Waals surface area contributed by atoms with Crippen molar-refractivity contribution in [2.24, 2.45) is 0 Å². The molecule has 2 rings (SSSR count). The first-order valence-electron chi connectivity index (χ1n) is 9.49. The molecule has 0 spiro atoms. The summed E-state index contributed by atoms with van der Waals surface area (Å²) >= 11 is 0. The number of hydrogen-bond acceptors (Lipinski definition) is 4. The normalized spacial score (nSPS) is 12.8. The summed E-state index contributed by atoms with van der Waals surface area (Å²) in [5, 5.41) is 0. The van der Waals surface area contributed by atoms with E-state index in [1.165, 1.54) is 12.1 Å². The lowest BCUT2D eigenvalue weighted by molar-refractivity contribution is -0.274. The van der Waals surface area contributed by atoms with Crippen LogP contribution >= 0.6 is 0 Å². The number of aryl methyl sites for hydroxylation is 2. The highest BCUT2D eigenvalue weighted by atomic mass is 19.4. The van der Waals surface area contributed by atoms with Crippen molar-refractivity contribution in [1.82, 2.24) is 4.90 Å². The maximum absolute atomic E-state index is 12.4. The van der Waals surface area contributed by atoms with E-state index in [1.807, 2.05) is 38.4 Å². The SMILES string of the molecule is COC(CCN(C)C)COc1ccccc1CCc1cccc(OC(F)(F)F)c1. The molecule has 7 heteroatoms. The van der Waals surface area contributed by atoms with Crippen LogP contribution in [0.4, 0.5) is 13.2 Å². The van der Waals surface area contributed by atoms with Gasteiger partial charge in [-0.3, -0.25) is 0 Å². The molecule has 0 amide bonds. The highest BCUT2D eigenvalue weighted by Crippen LogP contribution is 2.25. The van der Waals surface area contributed by atoms with E-state index in [0.717, 1.165) is 29.8 Å². The molecule has 0 N–H and O–H groups in total. The molecular weight excluding hydrogens is 383 g/mol. The average Bonchev–Trinajstić information content (AvgIpc) is 2.66. The fourth-order valence-corrected chi connectivity index (χ4v) is 2.88. The zero-order valence-electron chi connectivity index (χ0n) is 17.0. The Labute approximate surface area is 170 Å². The minimum atomic E-state index is -4.69. The Kier molecular flexibility index (Phi) is 8.79. The number of rotatable bonds is 11. The smallest absolute Gasteiger partial charge is 0.491 e. The molecule has 29 heavy (non-hydrogen) atoms. The summed E-state index contributed by atoms with van der Waals surface area (Å²) in [6.07, 6.45) is -2.63. The van der Waals surface area contributed by atoms with E-state index in [4.69, 9.17) is 9.47 Å². The Morgan fingerprint density at radius 3 is 2.45 bits per heavy atom. The lowest BCUT2D eigenvalue weighted by Crippen LogP contribution is -2.26. The van der Waals surface area contributed by atoms with Gasteiger partial charge in [0.1, 0.15) is 18.1 Å². The minimum absolute atomic E-state index is 0.0124. The van der Waals surface area contributed by atoms with Crippen LogP contribution in [0.25, 0.3) is 0 Å². The molecular formula is C22H28F3NO3. The van der Waals surface area contributed by atoms with Gasteiger partial charge in [0.25, 0.3) is 0 Å². The molecule has 0 heterocycles. The number of halogens is 3. The first-order valence-corrected chi connectivity index (χ1v) is 9.49. The highest BCUT2D eigenvalue weighted by molar-refractivity contribution is 5.35. The van der Waals surface area contributed by atoms with Crippen LogP contribution in [0.1, 0.15) is 17.5 Å². The van der Waals surface area contributed by atoms with Crippen molar-refractivity contribution in [2.75, 3.05) is 34.4 Å². The molecule has 0 bridgehead atoms. The van der Waals surface area contributed by atoms with Crippen LogP contribution < -0.4 is 9.47 Å². The lowest BCUT2D eigenvalue weighted by Gasteiger charge is -2.19. The molecule has 0 fully saturated rings. The fourth-order valence-electron chi connectivity index (χ4n) is 2.88. The predicted molar refractivity (Wildman–Crippen MR) is 106 cm³/mol. The van der Waals surface area contributed by atoms with Crippen molar-refractivity contribution in [2.45, 2.75) is 31.7 Å². The molecule has 2 aromatic carbocycles. The van der Waals surface area contributed by atoms with Gasteiger partial charge in [0.15, 0.2) is 0 Å². The molecule has 2 aromatic rings. The van der Waals surface area contributed by atoms with E-state index in [-0.39, 0.29) is 11.9 Å². The maximum atomic E-state index is 12.4. The van der Waals surface area contributed by atoms with Crippen LogP contribution in [0.5, 0.6) is 11.5 Å². The van der Waals surface area contributed by atoms with Gasteiger partial charge in [0.05, 0.1) is 6.10 Å².